The number of nitrogens with zero attached hydrogens (tertiary/aromatic N) is 3. The molecule has 0 aliphatic carbocycles. The average Bonchev–Trinajstić information content (AvgIpc) is 3.42. The number of hydrogen-bond acceptors (Lipinski definition) is 9. The Morgan fingerprint density at radius 1 is 1.07 bits per heavy atom. The zero-order chi connectivity index (χ0) is 19.6. The van der Waals surface area contributed by atoms with Crippen molar-refractivity contribution in [3.63, 3.8) is 0 Å². The number of aromatic nitrogens is 3. The van der Waals surface area contributed by atoms with Crippen molar-refractivity contribution >= 4 is 43.5 Å². The first-order valence-corrected chi connectivity index (χ1v) is 11.3. The van der Waals surface area contributed by atoms with Gasteiger partial charge < -0.3 is 9.73 Å². The lowest BCUT2D eigenvalue weighted by Crippen LogP contribution is -2.23. The van der Waals surface area contributed by atoms with Crippen molar-refractivity contribution in [2.75, 3.05) is 11.1 Å². The summed E-state index contributed by atoms with van der Waals surface area (Å²) in [4.78, 5) is 17.1. The van der Waals surface area contributed by atoms with E-state index < -0.39 is 26.7 Å². The maximum atomic E-state index is 12.4. The Kier molecular flexibility index (Phi) is 5.03. The molecular formula is C17H12N4O4S3. The number of benzene rings is 1. The number of rotatable bonds is 6. The molecule has 0 saturated carbocycles. The summed E-state index contributed by atoms with van der Waals surface area (Å²) in [6, 6.07) is 13.0. The Hall–Kier alpha value is -2.89. The molecule has 0 radical (unpaired) electrons. The van der Waals surface area contributed by atoms with E-state index in [0.717, 1.165) is 5.56 Å². The fraction of sp³-hybridized carbons (Fsp3) is 0.0588. The number of carbonyl (C=O) groups excluding carboxylic acids is 1. The van der Waals surface area contributed by atoms with Gasteiger partial charge in [-0.1, -0.05) is 41.5 Å². The van der Waals surface area contributed by atoms with Crippen LogP contribution in [0.15, 0.2) is 62.9 Å². The molecule has 1 aromatic carbocycles. The molecule has 0 aliphatic heterocycles. The van der Waals surface area contributed by atoms with Crippen molar-refractivity contribution in [2.24, 2.45) is 0 Å². The second-order valence-corrected chi connectivity index (χ2v) is 9.23. The molecule has 4 aromatic rings. The zero-order valence-corrected chi connectivity index (χ0v) is 16.6. The minimum absolute atomic E-state index is 0.0985. The fourth-order valence-corrected chi connectivity index (χ4v) is 4.59. The molecule has 0 atom stereocenters. The molecule has 0 unspecified atom stereocenters. The van der Waals surface area contributed by atoms with Gasteiger partial charge in [-0.25, -0.2) is 13.4 Å². The van der Waals surface area contributed by atoms with E-state index >= 15 is 0 Å². The lowest BCUT2D eigenvalue weighted by atomic mass is 10.2. The van der Waals surface area contributed by atoms with Crippen molar-refractivity contribution in [1.82, 2.24) is 15.2 Å². The third-order valence-corrected chi connectivity index (χ3v) is 6.50. The van der Waals surface area contributed by atoms with E-state index in [9.17, 15) is 13.2 Å². The smallest absolute Gasteiger partial charge is 0.336 e. The number of sulfone groups is 1. The first-order chi connectivity index (χ1) is 13.5. The number of amides is 1. The van der Waals surface area contributed by atoms with Crippen LogP contribution < -0.4 is 5.32 Å². The van der Waals surface area contributed by atoms with Gasteiger partial charge >= 0.3 is 5.22 Å². The van der Waals surface area contributed by atoms with Crippen LogP contribution in [0.4, 0.5) is 5.13 Å². The van der Waals surface area contributed by atoms with Crippen LogP contribution in [0, 0.1) is 0 Å². The van der Waals surface area contributed by atoms with Gasteiger partial charge in [-0.05, 0) is 11.4 Å². The Morgan fingerprint density at radius 3 is 2.64 bits per heavy atom. The first-order valence-electron chi connectivity index (χ1n) is 7.92. The quantitative estimate of drug-likeness (QED) is 0.497. The van der Waals surface area contributed by atoms with Crippen molar-refractivity contribution in [3.8, 4) is 22.0 Å². The second-order valence-electron chi connectivity index (χ2n) is 5.56. The molecule has 3 aromatic heterocycles. The van der Waals surface area contributed by atoms with Gasteiger partial charge in [0.05, 0.1) is 10.6 Å². The van der Waals surface area contributed by atoms with E-state index in [-0.39, 0.29) is 5.89 Å². The summed E-state index contributed by atoms with van der Waals surface area (Å²) in [5.41, 5.74) is 1.60. The molecule has 0 aliphatic rings. The Labute approximate surface area is 167 Å². The SMILES string of the molecule is O=C(CS(=O)(=O)c1nnc(-c2cccs2)o1)Nc1nc(-c2ccccc2)cs1. The number of thiophene rings is 1. The molecule has 0 saturated heterocycles. The largest absolute Gasteiger partial charge is 0.407 e. The summed E-state index contributed by atoms with van der Waals surface area (Å²) in [7, 11) is -4.07. The third-order valence-electron chi connectivity index (χ3n) is 3.55. The van der Waals surface area contributed by atoms with Crippen molar-refractivity contribution in [1.29, 1.82) is 0 Å². The number of nitrogens with one attached hydrogen (secondary N) is 1. The van der Waals surface area contributed by atoms with Gasteiger partial charge in [0.2, 0.25) is 15.7 Å². The first kappa shape index (κ1) is 18.5. The summed E-state index contributed by atoms with van der Waals surface area (Å²) in [5.74, 6) is -1.45. The van der Waals surface area contributed by atoms with E-state index in [1.165, 1.54) is 22.7 Å². The van der Waals surface area contributed by atoms with Crippen LogP contribution in [-0.2, 0) is 14.6 Å². The molecule has 8 nitrogen and oxygen atoms in total. The molecule has 28 heavy (non-hydrogen) atoms. The second kappa shape index (κ2) is 7.62. The van der Waals surface area contributed by atoms with Gasteiger partial charge in [-0.15, -0.1) is 27.8 Å². The van der Waals surface area contributed by atoms with E-state index in [2.05, 4.69) is 20.5 Å². The van der Waals surface area contributed by atoms with Crippen molar-refractivity contribution in [2.45, 2.75) is 5.22 Å². The normalized spacial score (nSPS) is 11.4. The van der Waals surface area contributed by atoms with Crippen molar-refractivity contribution in [3.05, 3.63) is 53.2 Å². The predicted molar refractivity (Wildman–Crippen MR) is 106 cm³/mol. The van der Waals surface area contributed by atoms with E-state index in [1.807, 2.05) is 30.3 Å². The fourth-order valence-electron chi connectivity index (χ4n) is 2.30. The molecule has 0 bridgehead atoms. The van der Waals surface area contributed by atoms with Gasteiger partial charge in [0.25, 0.3) is 5.89 Å². The lowest BCUT2D eigenvalue weighted by molar-refractivity contribution is -0.113. The van der Waals surface area contributed by atoms with E-state index in [0.29, 0.717) is 15.7 Å². The Bertz CT molecular complexity index is 1200. The topological polar surface area (TPSA) is 115 Å². The third kappa shape index (κ3) is 4.01. The van der Waals surface area contributed by atoms with E-state index in [4.69, 9.17) is 4.42 Å². The standard InChI is InChI=1S/C17H12N4O4S3/c22-14(19-16-18-12(9-27-16)11-5-2-1-3-6-11)10-28(23,24)17-21-20-15(25-17)13-7-4-8-26-13/h1-9H,10H2,(H,18,19,22). The average molecular weight is 433 g/mol. The van der Waals surface area contributed by atoms with Gasteiger partial charge in [-0.3, -0.25) is 4.79 Å². The van der Waals surface area contributed by atoms with Gasteiger partial charge in [0, 0.05) is 10.9 Å². The van der Waals surface area contributed by atoms with Crippen LogP contribution in [0.25, 0.3) is 22.0 Å². The summed E-state index contributed by atoms with van der Waals surface area (Å²) < 4.78 is 30.0. The van der Waals surface area contributed by atoms with E-state index in [1.54, 1.807) is 22.9 Å². The maximum absolute atomic E-state index is 12.4. The highest BCUT2D eigenvalue weighted by molar-refractivity contribution is 7.91. The maximum Gasteiger partial charge on any atom is 0.336 e. The highest BCUT2D eigenvalue weighted by atomic mass is 32.2. The van der Waals surface area contributed by atoms with Crippen LogP contribution in [0.3, 0.4) is 0 Å². The van der Waals surface area contributed by atoms with Crippen LogP contribution in [0.5, 0.6) is 0 Å². The molecule has 142 valence electrons. The molecule has 0 fully saturated rings. The highest BCUT2D eigenvalue weighted by Crippen LogP contribution is 2.26. The molecule has 3 heterocycles. The van der Waals surface area contributed by atoms with Crippen LogP contribution in [0.2, 0.25) is 0 Å². The monoisotopic (exact) mass is 432 g/mol. The summed E-state index contributed by atoms with van der Waals surface area (Å²) in [6.45, 7) is 0. The molecule has 4 rings (SSSR count). The summed E-state index contributed by atoms with van der Waals surface area (Å²) >= 11 is 2.55. The molecule has 1 N–H and O–H groups in total. The van der Waals surface area contributed by atoms with Gasteiger partial charge in [0.15, 0.2) is 5.13 Å². The summed E-state index contributed by atoms with van der Waals surface area (Å²) in [5, 5.41) is 13.1. The zero-order valence-electron chi connectivity index (χ0n) is 14.1. The van der Waals surface area contributed by atoms with Crippen molar-refractivity contribution < 1.29 is 17.6 Å². The minimum Gasteiger partial charge on any atom is -0.407 e. The van der Waals surface area contributed by atoms with Crippen LogP contribution >= 0.6 is 22.7 Å². The van der Waals surface area contributed by atoms with Gasteiger partial charge in [0.1, 0.15) is 5.75 Å². The molecule has 0 spiro atoms. The van der Waals surface area contributed by atoms with Gasteiger partial charge in [-0.2, -0.15) is 0 Å². The number of thiazole rings is 1. The molecular weight excluding hydrogens is 420 g/mol. The number of anilines is 1. The predicted octanol–water partition coefficient (Wildman–Crippen LogP) is 3.33. The highest BCUT2D eigenvalue weighted by Gasteiger charge is 2.27. The minimum atomic E-state index is -4.07. The van der Waals surface area contributed by atoms with Crippen LogP contribution in [0.1, 0.15) is 0 Å². The Balaban J connectivity index is 1.44. The number of carbonyl (C=O) groups is 1. The molecule has 1 amide bonds. The lowest BCUT2D eigenvalue weighted by Gasteiger charge is -2.01. The number of hydrogen-bond donors (Lipinski definition) is 1. The van der Waals surface area contributed by atoms with Crippen LogP contribution in [-0.4, -0.2) is 35.3 Å². The summed E-state index contributed by atoms with van der Waals surface area (Å²) in [6.07, 6.45) is 0. The molecule has 11 heteroatoms. The Morgan fingerprint density at radius 2 is 1.89 bits per heavy atom.